The summed E-state index contributed by atoms with van der Waals surface area (Å²) in [5.74, 6) is 2.60. The Labute approximate surface area is 183 Å². The first-order valence-electron chi connectivity index (χ1n) is 12.4. The summed E-state index contributed by atoms with van der Waals surface area (Å²) >= 11 is 0. The standard InChI is InChI=1S/C27H40N2O/c1-3-5-7-8-9-10-11-12-22-13-18-26-24(20-22)21-28-27(29-26)23-14-16-25(17-15-23)30-19-6-4-2/h14-17,21-22H,3-13,18-20H2,1-2H3. The highest BCUT2D eigenvalue weighted by atomic mass is 16.5. The number of unbranched alkanes of at least 4 members (excludes halogenated alkanes) is 7. The van der Waals surface area contributed by atoms with E-state index in [0.29, 0.717) is 0 Å². The van der Waals surface area contributed by atoms with Crippen LogP contribution in [0, 0.1) is 5.92 Å². The van der Waals surface area contributed by atoms with Gasteiger partial charge in [-0.1, -0.05) is 71.6 Å². The average Bonchev–Trinajstić information content (AvgIpc) is 2.79. The van der Waals surface area contributed by atoms with Crippen molar-refractivity contribution in [3.8, 4) is 17.1 Å². The molecule has 1 aromatic carbocycles. The Kier molecular flexibility index (Phi) is 9.66. The largest absolute Gasteiger partial charge is 0.494 e. The normalized spacial score (nSPS) is 15.7. The van der Waals surface area contributed by atoms with E-state index in [2.05, 4.69) is 37.2 Å². The minimum atomic E-state index is 0.783. The lowest BCUT2D eigenvalue weighted by molar-refractivity contribution is 0.309. The van der Waals surface area contributed by atoms with E-state index in [1.807, 2.05) is 12.1 Å². The van der Waals surface area contributed by atoms with Crippen LogP contribution in [0.15, 0.2) is 30.5 Å². The zero-order valence-corrected chi connectivity index (χ0v) is 19.2. The van der Waals surface area contributed by atoms with Crippen LogP contribution in [0.25, 0.3) is 11.4 Å². The van der Waals surface area contributed by atoms with Gasteiger partial charge in [-0.25, -0.2) is 9.97 Å². The molecule has 0 saturated carbocycles. The molecule has 0 saturated heterocycles. The Hall–Kier alpha value is -1.90. The minimum absolute atomic E-state index is 0.783. The Balaban J connectivity index is 1.46. The fourth-order valence-electron chi connectivity index (χ4n) is 4.39. The van der Waals surface area contributed by atoms with Gasteiger partial charge in [0.25, 0.3) is 0 Å². The van der Waals surface area contributed by atoms with Gasteiger partial charge in [0, 0.05) is 17.5 Å². The van der Waals surface area contributed by atoms with E-state index in [4.69, 9.17) is 9.72 Å². The second-order valence-electron chi connectivity index (χ2n) is 8.91. The van der Waals surface area contributed by atoms with Crippen LogP contribution >= 0.6 is 0 Å². The van der Waals surface area contributed by atoms with E-state index in [1.165, 1.54) is 69.0 Å². The number of hydrogen-bond donors (Lipinski definition) is 0. The first kappa shape index (κ1) is 22.8. The van der Waals surface area contributed by atoms with E-state index in [0.717, 1.165) is 55.3 Å². The lowest BCUT2D eigenvalue weighted by Crippen LogP contribution is -2.16. The Morgan fingerprint density at radius 1 is 0.900 bits per heavy atom. The fourth-order valence-corrected chi connectivity index (χ4v) is 4.39. The van der Waals surface area contributed by atoms with E-state index in [9.17, 15) is 0 Å². The molecule has 3 nitrogen and oxygen atoms in total. The first-order chi connectivity index (χ1) is 14.8. The van der Waals surface area contributed by atoms with Crippen molar-refractivity contribution >= 4 is 0 Å². The van der Waals surface area contributed by atoms with E-state index < -0.39 is 0 Å². The van der Waals surface area contributed by atoms with Gasteiger partial charge in [0.15, 0.2) is 5.82 Å². The molecule has 1 aliphatic rings. The third-order valence-corrected chi connectivity index (χ3v) is 6.35. The molecule has 164 valence electrons. The SMILES string of the molecule is CCCCCCCCCC1CCc2nc(-c3ccc(OCCCC)cc3)ncc2C1. The van der Waals surface area contributed by atoms with Crippen molar-refractivity contribution in [3.63, 3.8) is 0 Å². The van der Waals surface area contributed by atoms with E-state index in [-0.39, 0.29) is 0 Å². The smallest absolute Gasteiger partial charge is 0.159 e. The highest BCUT2D eigenvalue weighted by Gasteiger charge is 2.20. The van der Waals surface area contributed by atoms with Crippen molar-refractivity contribution in [1.29, 1.82) is 0 Å². The van der Waals surface area contributed by atoms with Gasteiger partial charge in [-0.05, 0) is 61.4 Å². The number of aryl methyl sites for hydroxylation is 1. The lowest BCUT2D eigenvalue weighted by atomic mass is 9.84. The summed E-state index contributed by atoms with van der Waals surface area (Å²) in [5.41, 5.74) is 3.71. The summed E-state index contributed by atoms with van der Waals surface area (Å²) in [4.78, 5) is 9.60. The fraction of sp³-hybridized carbons (Fsp3) is 0.630. The molecule has 0 aliphatic heterocycles. The molecular weight excluding hydrogens is 368 g/mol. The zero-order valence-electron chi connectivity index (χ0n) is 19.2. The van der Waals surface area contributed by atoms with Gasteiger partial charge in [-0.15, -0.1) is 0 Å². The number of benzene rings is 1. The molecule has 0 fully saturated rings. The Morgan fingerprint density at radius 3 is 2.40 bits per heavy atom. The number of rotatable bonds is 13. The van der Waals surface area contributed by atoms with Crippen molar-refractivity contribution in [2.75, 3.05) is 6.61 Å². The molecule has 0 amide bonds. The lowest BCUT2D eigenvalue weighted by Gasteiger charge is -2.24. The molecule has 0 radical (unpaired) electrons. The average molecular weight is 409 g/mol. The van der Waals surface area contributed by atoms with Gasteiger partial charge in [0.1, 0.15) is 5.75 Å². The third kappa shape index (κ3) is 7.11. The zero-order chi connectivity index (χ0) is 21.0. The molecule has 1 atom stereocenters. The summed E-state index contributed by atoms with van der Waals surface area (Å²) < 4.78 is 5.76. The molecule has 30 heavy (non-hydrogen) atoms. The van der Waals surface area contributed by atoms with Gasteiger partial charge >= 0.3 is 0 Å². The Morgan fingerprint density at radius 2 is 1.63 bits per heavy atom. The highest BCUT2D eigenvalue weighted by Crippen LogP contribution is 2.29. The summed E-state index contributed by atoms with van der Waals surface area (Å²) in [6.07, 6.45) is 19.0. The predicted molar refractivity (Wildman–Crippen MR) is 126 cm³/mol. The second-order valence-corrected chi connectivity index (χ2v) is 8.91. The highest BCUT2D eigenvalue weighted by molar-refractivity contribution is 5.56. The van der Waals surface area contributed by atoms with Crippen LogP contribution in [-0.4, -0.2) is 16.6 Å². The van der Waals surface area contributed by atoms with Crippen LogP contribution in [0.5, 0.6) is 5.75 Å². The number of fused-ring (bicyclic) bond motifs is 1. The maximum atomic E-state index is 5.76. The molecule has 1 heterocycles. The van der Waals surface area contributed by atoms with Gasteiger partial charge < -0.3 is 4.74 Å². The molecule has 2 aromatic rings. The maximum Gasteiger partial charge on any atom is 0.159 e. The van der Waals surface area contributed by atoms with Crippen LogP contribution in [0.3, 0.4) is 0 Å². The molecular formula is C27H40N2O. The second kappa shape index (κ2) is 12.7. The van der Waals surface area contributed by atoms with Gasteiger partial charge in [0.05, 0.1) is 6.61 Å². The van der Waals surface area contributed by atoms with Crippen molar-refractivity contribution < 1.29 is 4.74 Å². The number of aromatic nitrogens is 2. The van der Waals surface area contributed by atoms with Crippen molar-refractivity contribution in [3.05, 3.63) is 41.7 Å². The minimum Gasteiger partial charge on any atom is -0.494 e. The molecule has 0 N–H and O–H groups in total. The van der Waals surface area contributed by atoms with Gasteiger partial charge in [-0.3, -0.25) is 0 Å². The van der Waals surface area contributed by atoms with Crippen molar-refractivity contribution in [2.24, 2.45) is 5.92 Å². The third-order valence-electron chi connectivity index (χ3n) is 6.35. The first-order valence-corrected chi connectivity index (χ1v) is 12.4. The number of ether oxygens (including phenoxy) is 1. The van der Waals surface area contributed by atoms with E-state index >= 15 is 0 Å². The molecule has 1 aromatic heterocycles. The topological polar surface area (TPSA) is 35.0 Å². The van der Waals surface area contributed by atoms with Crippen LogP contribution < -0.4 is 4.74 Å². The van der Waals surface area contributed by atoms with Crippen molar-refractivity contribution in [1.82, 2.24) is 9.97 Å². The van der Waals surface area contributed by atoms with Crippen molar-refractivity contribution in [2.45, 2.75) is 97.3 Å². The molecule has 0 bridgehead atoms. The quantitative estimate of drug-likeness (QED) is 0.321. The molecule has 3 heteroatoms. The summed E-state index contributed by atoms with van der Waals surface area (Å²) in [6.45, 7) is 5.25. The number of hydrogen-bond acceptors (Lipinski definition) is 3. The molecule has 1 unspecified atom stereocenters. The van der Waals surface area contributed by atoms with Crippen LogP contribution in [-0.2, 0) is 12.8 Å². The summed E-state index contributed by atoms with van der Waals surface area (Å²) in [7, 11) is 0. The van der Waals surface area contributed by atoms with Gasteiger partial charge in [0.2, 0.25) is 0 Å². The Bertz CT molecular complexity index is 741. The summed E-state index contributed by atoms with van der Waals surface area (Å²) in [5, 5.41) is 0. The van der Waals surface area contributed by atoms with Crippen LogP contribution in [0.1, 0.15) is 95.7 Å². The van der Waals surface area contributed by atoms with Crippen LogP contribution in [0.2, 0.25) is 0 Å². The maximum absolute atomic E-state index is 5.76. The summed E-state index contributed by atoms with van der Waals surface area (Å²) in [6, 6.07) is 8.22. The molecule has 0 spiro atoms. The van der Waals surface area contributed by atoms with E-state index in [1.54, 1.807) is 0 Å². The molecule has 1 aliphatic carbocycles. The number of nitrogens with zero attached hydrogens (tertiary/aromatic N) is 2. The van der Waals surface area contributed by atoms with Gasteiger partial charge in [-0.2, -0.15) is 0 Å². The predicted octanol–water partition coefficient (Wildman–Crippen LogP) is 7.57. The molecule has 3 rings (SSSR count). The monoisotopic (exact) mass is 408 g/mol. The van der Waals surface area contributed by atoms with Crippen LogP contribution in [0.4, 0.5) is 0 Å².